The molecule has 0 saturated carbocycles. The van der Waals surface area contributed by atoms with Gasteiger partial charge in [0.15, 0.2) is 0 Å². The molecule has 4 aliphatic heterocycles. The molecule has 2 aliphatic carbocycles. The first kappa shape index (κ1) is 16.8. The van der Waals surface area contributed by atoms with Gasteiger partial charge in [0.25, 0.3) is 0 Å². The molecule has 0 unspecified atom stereocenters. The van der Waals surface area contributed by atoms with Gasteiger partial charge in [-0.3, -0.25) is 0 Å². The quantitative estimate of drug-likeness (QED) is 0.669. The maximum atomic E-state index is 11.3. The summed E-state index contributed by atoms with van der Waals surface area (Å²) in [7, 11) is 0. The molecule has 0 aromatic carbocycles. The Bertz CT molecular complexity index is 623. The largest absolute Gasteiger partial charge is 0.384 e. The first-order valence-corrected chi connectivity index (χ1v) is 9.32. The van der Waals surface area contributed by atoms with Crippen LogP contribution in [0.5, 0.6) is 0 Å². The highest BCUT2D eigenvalue weighted by atomic mass is 16.7. The van der Waals surface area contributed by atoms with Gasteiger partial charge < -0.3 is 19.7 Å². The Labute approximate surface area is 144 Å². The molecule has 0 amide bonds. The van der Waals surface area contributed by atoms with Gasteiger partial charge in [0.2, 0.25) is 5.79 Å². The molecule has 6 aliphatic rings. The van der Waals surface area contributed by atoms with Gasteiger partial charge in [-0.05, 0) is 62.9 Å². The minimum absolute atomic E-state index is 0.0125. The van der Waals surface area contributed by atoms with Crippen LogP contribution in [0.4, 0.5) is 0 Å². The first-order chi connectivity index (χ1) is 11.2. The van der Waals surface area contributed by atoms with Gasteiger partial charge in [-0.15, -0.1) is 0 Å². The Kier molecular flexibility index (Phi) is 3.61. The predicted octanol–water partition coefficient (Wildman–Crippen LogP) is 3.09. The zero-order valence-corrected chi connectivity index (χ0v) is 15.3. The second-order valence-corrected chi connectivity index (χ2v) is 8.84. The highest BCUT2D eigenvalue weighted by Gasteiger charge is 2.64. The maximum Gasteiger partial charge on any atom is 0.221 e. The van der Waals surface area contributed by atoms with E-state index in [4.69, 9.17) is 9.47 Å². The monoisotopic (exact) mass is 334 g/mol. The summed E-state index contributed by atoms with van der Waals surface area (Å²) in [6.45, 7) is 9.11. The molecule has 0 aromatic rings. The molecule has 6 bridgehead atoms. The molecular weight excluding hydrogens is 304 g/mol. The number of aliphatic hydroxyl groups excluding tert-OH is 1. The Hall–Kier alpha value is -0.680. The fraction of sp³-hybridized carbons (Fsp3) is 0.800. The van der Waals surface area contributed by atoms with Crippen LogP contribution in [0.3, 0.4) is 0 Å². The molecular formula is C20H30O4. The van der Waals surface area contributed by atoms with Crippen molar-refractivity contribution in [3.63, 3.8) is 0 Å². The van der Waals surface area contributed by atoms with Gasteiger partial charge in [0.1, 0.15) is 6.10 Å². The van der Waals surface area contributed by atoms with Crippen molar-refractivity contribution < 1.29 is 19.7 Å². The summed E-state index contributed by atoms with van der Waals surface area (Å²) in [5.41, 5.74) is 2.60. The maximum absolute atomic E-state index is 11.3. The zero-order chi connectivity index (χ0) is 17.3. The molecule has 6 rings (SSSR count). The molecule has 4 heteroatoms. The smallest absolute Gasteiger partial charge is 0.221 e. The average molecular weight is 334 g/mol. The SMILES string of the molecule is CC1=CCC[C@]2(C)O[C@@H]3C[C@@H](C)[C@](C)(CC1)C1=C3[C@](O)(OC1)[C@H]2O. The van der Waals surface area contributed by atoms with E-state index in [0.717, 1.165) is 31.3 Å². The molecule has 1 saturated heterocycles. The van der Waals surface area contributed by atoms with Gasteiger partial charge in [0, 0.05) is 5.57 Å². The van der Waals surface area contributed by atoms with Crippen molar-refractivity contribution >= 4 is 0 Å². The van der Waals surface area contributed by atoms with Gasteiger partial charge in [-0.2, -0.15) is 0 Å². The van der Waals surface area contributed by atoms with Crippen molar-refractivity contribution in [2.24, 2.45) is 11.3 Å². The topological polar surface area (TPSA) is 58.9 Å². The molecule has 24 heavy (non-hydrogen) atoms. The minimum atomic E-state index is -1.58. The lowest BCUT2D eigenvalue weighted by Gasteiger charge is -2.54. The second-order valence-electron chi connectivity index (χ2n) is 8.84. The van der Waals surface area contributed by atoms with E-state index in [9.17, 15) is 10.2 Å². The highest BCUT2D eigenvalue weighted by Crippen LogP contribution is 2.58. The van der Waals surface area contributed by atoms with Crippen LogP contribution < -0.4 is 0 Å². The molecule has 1 fully saturated rings. The van der Waals surface area contributed by atoms with Crippen molar-refractivity contribution in [3.05, 3.63) is 22.8 Å². The van der Waals surface area contributed by atoms with Crippen molar-refractivity contribution in [1.82, 2.24) is 0 Å². The van der Waals surface area contributed by atoms with Crippen molar-refractivity contribution in [2.75, 3.05) is 6.61 Å². The highest BCUT2D eigenvalue weighted by molar-refractivity contribution is 5.41. The normalized spacial score (nSPS) is 51.4. The number of hydrogen-bond donors (Lipinski definition) is 2. The van der Waals surface area contributed by atoms with E-state index in [0.29, 0.717) is 18.9 Å². The number of hydrogen-bond acceptors (Lipinski definition) is 4. The molecule has 0 spiro atoms. The summed E-state index contributed by atoms with van der Waals surface area (Å²) in [4.78, 5) is 0. The molecule has 0 aromatic heterocycles. The Morgan fingerprint density at radius 3 is 2.75 bits per heavy atom. The Balaban J connectivity index is 1.90. The van der Waals surface area contributed by atoms with E-state index in [2.05, 4.69) is 26.8 Å². The lowest BCUT2D eigenvalue weighted by molar-refractivity contribution is -0.304. The number of rotatable bonds is 0. The third-order valence-corrected chi connectivity index (χ3v) is 7.35. The van der Waals surface area contributed by atoms with Crippen LogP contribution >= 0.6 is 0 Å². The summed E-state index contributed by atoms with van der Waals surface area (Å²) >= 11 is 0. The van der Waals surface area contributed by atoms with Crippen LogP contribution in [0.15, 0.2) is 22.8 Å². The summed E-state index contributed by atoms with van der Waals surface area (Å²) in [5.74, 6) is -1.12. The summed E-state index contributed by atoms with van der Waals surface area (Å²) < 4.78 is 12.3. The fourth-order valence-corrected chi connectivity index (χ4v) is 5.34. The molecule has 134 valence electrons. The van der Waals surface area contributed by atoms with E-state index in [1.165, 1.54) is 11.1 Å². The van der Waals surface area contributed by atoms with Crippen molar-refractivity contribution in [2.45, 2.75) is 83.4 Å². The van der Waals surface area contributed by atoms with E-state index >= 15 is 0 Å². The van der Waals surface area contributed by atoms with Crippen LogP contribution in [-0.2, 0) is 9.47 Å². The van der Waals surface area contributed by atoms with Crippen molar-refractivity contribution in [3.8, 4) is 0 Å². The standard InChI is InChI=1S/C20H30O4/c1-12-6-5-8-19(4)17(21)20(22)16-14(11-23-20)18(3,9-7-12)13(2)10-15(16)24-19/h6,13,15,17,21-22H,5,7-11H2,1-4H3/t13-,15-,17+,18+,19+,20+/m1/s1. The lowest BCUT2D eigenvalue weighted by Crippen LogP contribution is -2.65. The zero-order valence-electron chi connectivity index (χ0n) is 15.3. The number of fused-ring (bicyclic) bond motifs is 1. The summed E-state index contributed by atoms with van der Waals surface area (Å²) in [6, 6.07) is 0. The third-order valence-electron chi connectivity index (χ3n) is 7.35. The minimum Gasteiger partial charge on any atom is -0.384 e. The van der Waals surface area contributed by atoms with Gasteiger partial charge in [-0.1, -0.05) is 25.5 Å². The molecule has 4 nitrogen and oxygen atoms in total. The van der Waals surface area contributed by atoms with Crippen LogP contribution in [0.25, 0.3) is 0 Å². The first-order valence-electron chi connectivity index (χ1n) is 9.32. The molecule has 2 N–H and O–H groups in total. The molecule has 6 atom stereocenters. The van der Waals surface area contributed by atoms with E-state index in [-0.39, 0.29) is 11.5 Å². The lowest BCUT2D eigenvalue weighted by atomic mass is 9.60. The predicted molar refractivity (Wildman–Crippen MR) is 91.3 cm³/mol. The second kappa shape index (κ2) is 5.16. The number of ether oxygens (including phenoxy) is 2. The molecule has 0 radical (unpaired) electrons. The summed E-state index contributed by atoms with van der Waals surface area (Å²) in [6.07, 6.45) is 5.60. The van der Waals surface area contributed by atoms with E-state index in [1.807, 2.05) is 6.92 Å². The van der Waals surface area contributed by atoms with Gasteiger partial charge in [-0.25, -0.2) is 0 Å². The van der Waals surface area contributed by atoms with Crippen LogP contribution in [0, 0.1) is 11.3 Å². The molecule has 4 heterocycles. The van der Waals surface area contributed by atoms with Gasteiger partial charge >= 0.3 is 0 Å². The Morgan fingerprint density at radius 2 is 2.00 bits per heavy atom. The Morgan fingerprint density at radius 1 is 1.25 bits per heavy atom. The summed E-state index contributed by atoms with van der Waals surface area (Å²) in [5, 5.41) is 22.3. The van der Waals surface area contributed by atoms with E-state index in [1.54, 1.807) is 0 Å². The fourth-order valence-electron chi connectivity index (χ4n) is 5.34. The third kappa shape index (κ3) is 2.06. The number of allylic oxidation sites excluding steroid dienone is 2. The van der Waals surface area contributed by atoms with Gasteiger partial charge in [0.05, 0.1) is 18.3 Å². The average Bonchev–Trinajstić information content (AvgIpc) is 2.88. The van der Waals surface area contributed by atoms with Crippen LogP contribution in [0.1, 0.15) is 59.8 Å². The van der Waals surface area contributed by atoms with Crippen LogP contribution in [0.2, 0.25) is 0 Å². The number of aliphatic hydroxyl groups is 2. The van der Waals surface area contributed by atoms with Crippen molar-refractivity contribution in [1.29, 1.82) is 0 Å². The van der Waals surface area contributed by atoms with E-state index < -0.39 is 17.5 Å². The van der Waals surface area contributed by atoms with Crippen LogP contribution in [-0.4, -0.2) is 40.4 Å².